The Morgan fingerprint density at radius 3 is 1.56 bits per heavy atom. The van der Waals surface area contributed by atoms with Gasteiger partial charge >= 0.3 is 0 Å². The highest BCUT2D eigenvalue weighted by Crippen LogP contribution is 2.15. The second kappa shape index (κ2) is 19.7. The second-order valence-electron chi connectivity index (χ2n) is 10.4. The van der Waals surface area contributed by atoms with Gasteiger partial charge in [0, 0.05) is 6.42 Å². The van der Waals surface area contributed by atoms with E-state index in [4.69, 9.17) is 0 Å². The molecule has 0 amide bonds. The maximum atomic E-state index is 2.54. The maximum absolute atomic E-state index is 2.54. The quantitative estimate of drug-likeness (QED) is 0.120. The van der Waals surface area contributed by atoms with Gasteiger partial charge in [0.2, 0.25) is 0 Å². The molecule has 2 aromatic rings. The van der Waals surface area contributed by atoms with Crippen LogP contribution in [0.15, 0.2) is 42.7 Å². The van der Waals surface area contributed by atoms with Crippen LogP contribution in [0.25, 0.3) is 5.69 Å². The first-order valence-electron chi connectivity index (χ1n) is 15.0. The minimum absolute atomic E-state index is 1.17. The molecule has 0 saturated carbocycles. The van der Waals surface area contributed by atoms with E-state index in [1.807, 2.05) is 0 Å². The molecule has 2 heteroatoms. The molecule has 2 rings (SSSR count). The van der Waals surface area contributed by atoms with E-state index in [1.54, 1.807) is 0 Å². The SMILES string of the molecule is CCCCCCCCCCCCC[n+]1ccn(-c2ccccc2)c1CCCCCCCCCC. The van der Waals surface area contributed by atoms with Gasteiger partial charge in [-0.3, -0.25) is 0 Å². The Labute approximate surface area is 212 Å². The molecule has 1 aromatic heterocycles. The molecule has 0 bridgehead atoms. The summed E-state index contributed by atoms with van der Waals surface area (Å²) in [5.74, 6) is 1.49. The van der Waals surface area contributed by atoms with Crippen molar-refractivity contribution in [1.82, 2.24) is 4.57 Å². The highest BCUT2D eigenvalue weighted by molar-refractivity contribution is 5.31. The summed E-state index contributed by atoms with van der Waals surface area (Å²) in [6.07, 6.45) is 32.4. The number of rotatable bonds is 22. The lowest BCUT2D eigenvalue weighted by Crippen LogP contribution is -2.37. The molecule has 1 heterocycles. The summed E-state index contributed by atoms with van der Waals surface area (Å²) in [5, 5.41) is 0. The van der Waals surface area contributed by atoms with Crippen LogP contribution < -0.4 is 4.57 Å². The van der Waals surface area contributed by atoms with Gasteiger partial charge in [0.05, 0.1) is 6.54 Å². The van der Waals surface area contributed by atoms with Gasteiger partial charge in [0.1, 0.15) is 18.1 Å². The van der Waals surface area contributed by atoms with Crippen LogP contribution in [0, 0.1) is 0 Å². The molecule has 0 saturated heterocycles. The Kier molecular flexibility index (Phi) is 16.6. The van der Waals surface area contributed by atoms with Crippen LogP contribution in [0.4, 0.5) is 0 Å². The largest absolute Gasteiger partial charge is 0.261 e. The molecule has 2 nitrogen and oxygen atoms in total. The molecule has 0 N–H and O–H groups in total. The molecule has 192 valence electrons. The highest BCUT2D eigenvalue weighted by Gasteiger charge is 2.18. The molecule has 0 unspecified atom stereocenters. The van der Waals surface area contributed by atoms with E-state index in [0.29, 0.717) is 0 Å². The zero-order valence-corrected chi connectivity index (χ0v) is 22.8. The average molecular weight is 468 g/mol. The predicted octanol–water partition coefficient (Wildman–Crippen LogP) is 9.76. The minimum Gasteiger partial charge on any atom is -0.234 e. The Bertz CT molecular complexity index is 703. The fourth-order valence-electron chi connectivity index (χ4n) is 5.11. The summed E-state index contributed by atoms with van der Waals surface area (Å²) in [6.45, 7) is 5.77. The van der Waals surface area contributed by atoms with Crippen LogP contribution in [-0.2, 0) is 13.0 Å². The molecule has 0 fully saturated rings. The van der Waals surface area contributed by atoms with Crippen LogP contribution in [0.1, 0.15) is 142 Å². The van der Waals surface area contributed by atoms with E-state index >= 15 is 0 Å². The summed E-state index contributed by atoms with van der Waals surface area (Å²) in [5.41, 5.74) is 1.30. The molecule has 0 aliphatic heterocycles. The number of aromatic nitrogens is 2. The van der Waals surface area contributed by atoms with Gasteiger partial charge in [-0.15, -0.1) is 0 Å². The van der Waals surface area contributed by atoms with E-state index in [-0.39, 0.29) is 0 Å². The van der Waals surface area contributed by atoms with E-state index < -0.39 is 0 Å². The van der Waals surface area contributed by atoms with Crippen molar-refractivity contribution >= 4 is 0 Å². The normalized spacial score (nSPS) is 11.4. The summed E-state index contributed by atoms with van der Waals surface area (Å²) in [6, 6.07) is 10.9. The monoisotopic (exact) mass is 467 g/mol. The van der Waals surface area contributed by atoms with Gasteiger partial charge in [0.25, 0.3) is 5.82 Å². The fraction of sp³-hybridized carbons (Fsp3) is 0.719. The van der Waals surface area contributed by atoms with E-state index in [2.05, 4.69) is 65.7 Å². The van der Waals surface area contributed by atoms with Crippen molar-refractivity contribution in [3.05, 3.63) is 48.5 Å². The van der Waals surface area contributed by atoms with Crippen molar-refractivity contribution in [3.8, 4) is 5.69 Å². The van der Waals surface area contributed by atoms with E-state index in [9.17, 15) is 0 Å². The number of aryl methyl sites for hydroxylation is 1. The highest BCUT2D eigenvalue weighted by atomic mass is 15.1. The van der Waals surface area contributed by atoms with Gasteiger partial charge in [0.15, 0.2) is 0 Å². The van der Waals surface area contributed by atoms with E-state index in [0.717, 1.165) is 0 Å². The number of nitrogens with zero attached hydrogens (tertiary/aromatic N) is 2. The van der Waals surface area contributed by atoms with Gasteiger partial charge in [-0.05, 0) is 31.4 Å². The van der Waals surface area contributed by atoms with Gasteiger partial charge in [-0.2, -0.15) is 4.57 Å². The molecular formula is C32H55N2+. The minimum atomic E-state index is 1.17. The predicted molar refractivity (Wildman–Crippen MR) is 149 cm³/mol. The van der Waals surface area contributed by atoms with Crippen molar-refractivity contribution in [3.63, 3.8) is 0 Å². The number of benzene rings is 1. The summed E-state index contributed by atoms with van der Waals surface area (Å²) in [7, 11) is 0. The Hall–Kier alpha value is -1.57. The fourth-order valence-corrected chi connectivity index (χ4v) is 5.11. The first kappa shape index (κ1) is 28.7. The Morgan fingerprint density at radius 1 is 0.559 bits per heavy atom. The smallest absolute Gasteiger partial charge is 0.234 e. The van der Waals surface area contributed by atoms with Crippen molar-refractivity contribution < 1.29 is 4.57 Å². The number of para-hydroxylation sites is 1. The third kappa shape index (κ3) is 12.2. The number of imidazole rings is 1. The summed E-state index contributed by atoms with van der Waals surface area (Å²) in [4.78, 5) is 0. The third-order valence-electron chi connectivity index (χ3n) is 7.30. The number of unbranched alkanes of at least 4 members (excludes halogenated alkanes) is 17. The van der Waals surface area contributed by atoms with Crippen LogP contribution in [-0.4, -0.2) is 4.57 Å². The first-order valence-corrected chi connectivity index (χ1v) is 15.0. The molecule has 0 atom stereocenters. The van der Waals surface area contributed by atoms with Crippen molar-refractivity contribution in [2.75, 3.05) is 0 Å². The number of hydrogen-bond donors (Lipinski definition) is 0. The van der Waals surface area contributed by atoms with Gasteiger partial charge < -0.3 is 0 Å². The lowest BCUT2D eigenvalue weighted by atomic mass is 10.1. The van der Waals surface area contributed by atoms with Crippen molar-refractivity contribution in [2.45, 2.75) is 149 Å². The van der Waals surface area contributed by atoms with Crippen molar-refractivity contribution in [2.24, 2.45) is 0 Å². The lowest BCUT2D eigenvalue weighted by Gasteiger charge is -2.06. The van der Waals surface area contributed by atoms with Crippen LogP contribution in [0.3, 0.4) is 0 Å². The molecule has 0 spiro atoms. The zero-order valence-electron chi connectivity index (χ0n) is 22.8. The molecule has 0 aliphatic rings. The Morgan fingerprint density at radius 2 is 1.03 bits per heavy atom. The molecular weight excluding hydrogens is 412 g/mol. The van der Waals surface area contributed by atoms with Crippen LogP contribution in [0.2, 0.25) is 0 Å². The summed E-state index contributed by atoms with van der Waals surface area (Å²) < 4.78 is 4.97. The summed E-state index contributed by atoms with van der Waals surface area (Å²) >= 11 is 0. The molecule has 0 aliphatic carbocycles. The topological polar surface area (TPSA) is 8.81 Å². The second-order valence-corrected chi connectivity index (χ2v) is 10.4. The number of hydrogen-bond acceptors (Lipinski definition) is 0. The molecule has 0 radical (unpaired) electrons. The molecule has 1 aromatic carbocycles. The van der Waals surface area contributed by atoms with E-state index in [1.165, 1.54) is 146 Å². The van der Waals surface area contributed by atoms with Gasteiger partial charge in [-0.1, -0.05) is 135 Å². The lowest BCUT2D eigenvalue weighted by molar-refractivity contribution is -0.704. The standard InChI is InChI=1S/C32H55N2/c1-3-5-7-9-11-13-14-15-17-19-24-28-33-29-30-34(31-25-21-20-22-26-31)32(33)27-23-18-16-12-10-8-6-4-2/h20-22,25-26,29-30H,3-19,23-24,27-28H2,1-2H3/q+1. The van der Waals surface area contributed by atoms with Gasteiger partial charge in [-0.25, -0.2) is 4.57 Å². The average Bonchev–Trinajstić information content (AvgIpc) is 3.27. The molecule has 34 heavy (non-hydrogen) atoms. The van der Waals surface area contributed by atoms with Crippen LogP contribution in [0.5, 0.6) is 0 Å². The first-order chi connectivity index (χ1) is 16.9. The zero-order chi connectivity index (χ0) is 24.1. The van der Waals surface area contributed by atoms with Crippen molar-refractivity contribution in [1.29, 1.82) is 0 Å². The van der Waals surface area contributed by atoms with Crippen LogP contribution >= 0.6 is 0 Å². The third-order valence-corrected chi connectivity index (χ3v) is 7.30. The maximum Gasteiger partial charge on any atom is 0.261 e. The Balaban J connectivity index is 1.71.